The second kappa shape index (κ2) is 13.8. The Bertz CT molecular complexity index is 583. The van der Waals surface area contributed by atoms with Crippen LogP contribution in [0.2, 0.25) is 0 Å². The summed E-state index contributed by atoms with van der Waals surface area (Å²) in [6.45, 7) is 13.7. The van der Waals surface area contributed by atoms with Gasteiger partial charge in [-0.15, -0.1) is 24.0 Å². The number of carbonyl (C=O) groups excluding carboxylic acids is 2. The highest BCUT2D eigenvalue weighted by Gasteiger charge is 2.31. The summed E-state index contributed by atoms with van der Waals surface area (Å²) >= 11 is 0. The van der Waals surface area contributed by atoms with Crippen LogP contribution in [0.25, 0.3) is 0 Å². The smallest absolute Gasteiger partial charge is 0.409 e. The van der Waals surface area contributed by atoms with Crippen molar-refractivity contribution in [3.05, 3.63) is 0 Å². The Hall–Kier alpha value is -1.46. The van der Waals surface area contributed by atoms with Gasteiger partial charge >= 0.3 is 12.2 Å². The van der Waals surface area contributed by atoms with Gasteiger partial charge in [0.2, 0.25) is 0 Å². The largest absolute Gasteiger partial charge is 0.450 e. The molecule has 10 heteroatoms. The monoisotopic (exact) mass is 555 g/mol. The fourth-order valence-corrected chi connectivity index (χ4v) is 3.30. The molecule has 0 aromatic heterocycles. The zero-order valence-corrected chi connectivity index (χ0v) is 22.5. The zero-order valence-electron chi connectivity index (χ0n) is 20.2. The van der Waals surface area contributed by atoms with Gasteiger partial charge in [-0.05, 0) is 53.4 Å². The van der Waals surface area contributed by atoms with Crippen molar-refractivity contribution in [1.29, 1.82) is 0 Å². The lowest BCUT2D eigenvalue weighted by molar-refractivity contribution is 0.0448. The molecule has 0 atom stereocenters. The fourth-order valence-electron chi connectivity index (χ4n) is 3.30. The van der Waals surface area contributed by atoms with Crippen molar-refractivity contribution in [2.45, 2.75) is 84.4 Å². The number of amides is 2. The molecule has 0 aliphatic carbocycles. The first-order chi connectivity index (χ1) is 14.1. The van der Waals surface area contributed by atoms with Crippen LogP contribution in [-0.4, -0.2) is 73.5 Å². The minimum absolute atomic E-state index is 0. The SMILES string of the molecule is CCOC(=O)N1CCC(NC(=NC)NCC(CC)(CC)NC(=O)OC(C)(C)C)CC1.I. The standard InChI is InChI=1S/C21H41N5O4.HI/c1-8-21(9-2,25-18(27)30-20(4,5)6)15-23-17(22-7)24-16-11-13-26(14-12-16)19(28)29-10-3;/h16H,8-15H2,1-7H3,(H,25,27)(H2,22,23,24);1H. The topological polar surface area (TPSA) is 104 Å². The van der Waals surface area contributed by atoms with E-state index in [0.717, 1.165) is 25.7 Å². The number of aliphatic imine (C=N–C) groups is 1. The van der Waals surface area contributed by atoms with E-state index in [1.165, 1.54) is 0 Å². The number of piperidine rings is 1. The van der Waals surface area contributed by atoms with Crippen LogP contribution in [-0.2, 0) is 9.47 Å². The quantitative estimate of drug-likeness (QED) is 0.253. The Kier molecular flexibility index (Phi) is 13.2. The molecule has 0 bridgehead atoms. The lowest BCUT2D eigenvalue weighted by atomic mass is 9.93. The Labute approximate surface area is 204 Å². The predicted molar refractivity (Wildman–Crippen MR) is 134 cm³/mol. The average molecular weight is 556 g/mol. The molecule has 2 amide bonds. The molecule has 31 heavy (non-hydrogen) atoms. The third kappa shape index (κ3) is 10.6. The minimum Gasteiger partial charge on any atom is -0.450 e. The molecule has 1 saturated heterocycles. The Morgan fingerprint density at radius 3 is 2.13 bits per heavy atom. The van der Waals surface area contributed by atoms with Gasteiger partial charge in [0.05, 0.1) is 12.1 Å². The normalized spacial score (nSPS) is 15.6. The van der Waals surface area contributed by atoms with Crippen LogP contribution < -0.4 is 16.0 Å². The number of nitrogens with one attached hydrogen (secondary N) is 3. The van der Waals surface area contributed by atoms with E-state index in [4.69, 9.17) is 9.47 Å². The maximum Gasteiger partial charge on any atom is 0.409 e. The highest BCUT2D eigenvalue weighted by molar-refractivity contribution is 14.0. The number of hydrogen-bond acceptors (Lipinski definition) is 5. The molecule has 0 unspecified atom stereocenters. The molecule has 1 aliphatic heterocycles. The summed E-state index contributed by atoms with van der Waals surface area (Å²) in [4.78, 5) is 30.2. The van der Waals surface area contributed by atoms with Crippen LogP contribution in [0.5, 0.6) is 0 Å². The van der Waals surface area contributed by atoms with Crippen LogP contribution >= 0.6 is 24.0 Å². The summed E-state index contributed by atoms with van der Waals surface area (Å²) in [6.07, 6.45) is 2.49. The molecule has 0 spiro atoms. The highest BCUT2D eigenvalue weighted by atomic mass is 127. The Morgan fingerprint density at radius 2 is 1.68 bits per heavy atom. The van der Waals surface area contributed by atoms with Gasteiger partial charge < -0.3 is 30.3 Å². The second-order valence-corrected chi connectivity index (χ2v) is 8.64. The first kappa shape index (κ1) is 29.5. The number of guanidine groups is 1. The van der Waals surface area contributed by atoms with E-state index in [1.54, 1.807) is 11.9 Å². The van der Waals surface area contributed by atoms with Crippen molar-refractivity contribution in [1.82, 2.24) is 20.9 Å². The molecule has 1 heterocycles. The Balaban J connectivity index is 0.00000900. The number of ether oxygens (including phenoxy) is 2. The van der Waals surface area contributed by atoms with Gasteiger partial charge in [-0.25, -0.2) is 9.59 Å². The van der Waals surface area contributed by atoms with E-state index in [1.807, 2.05) is 41.5 Å². The van der Waals surface area contributed by atoms with E-state index in [-0.39, 0.29) is 36.1 Å². The van der Waals surface area contributed by atoms with E-state index in [9.17, 15) is 9.59 Å². The molecule has 1 aliphatic rings. The van der Waals surface area contributed by atoms with Crippen LogP contribution in [0.3, 0.4) is 0 Å². The van der Waals surface area contributed by atoms with Crippen molar-refractivity contribution < 1.29 is 19.1 Å². The predicted octanol–water partition coefficient (Wildman–Crippen LogP) is 3.47. The summed E-state index contributed by atoms with van der Waals surface area (Å²) < 4.78 is 10.5. The lowest BCUT2D eigenvalue weighted by Crippen LogP contribution is -2.58. The van der Waals surface area contributed by atoms with Crippen molar-refractivity contribution in [3.63, 3.8) is 0 Å². The molecule has 1 fully saturated rings. The van der Waals surface area contributed by atoms with Gasteiger partial charge in [-0.3, -0.25) is 4.99 Å². The average Bonchev–Trinajstić information content (AvgIpc) is 2.69. The number of halogens is 1. The Morgan fingerprint density at radius 1 is 1.10 bits per heavy atom. The molecule has 0 saturated carbocycles. The molecule has 182 valence electrons. The summed E-state index contributed by atoms with van der Waals surface area (Å²) in [5.41, 5.74) is -0.978. The van der Waals surface area contributed by atoms with Crippen molar-refractivity contribution in [2.24, 2.45) is 4.99 Å². The fraction of sp³-hybridized carbons (Fsp3) is 0.857. The van der Waals surface area contributed by atoms with Gasteiger partial charge in [0.1, 0.15) is 5.60 Å². The minimum atomic E-state index is -0.541. The van der Waals surface area contributed by atoms with Crippen LogP contribution in [0.15, 0.2) is 4.99 Å². The van der Waals surface area contributed by atoms with Crippen LogP contribution in [0.1, 0.15) is 67.2 Å². The molecule has 3 N–H and O–H groups in total. The van der Waals surface area contributed by atoms with E-state index in [0.29, 0.717) is 32.2 Å². The third-order valence-electron chi connectivity index (χ3n) is 5.30. The van der Waals surface area contributed by atoms with Gasteiger partial charge in [-0.1, -0.05) is 13.8 Å². The van der Waals surface area contributed by atoms with Gasteiger partial charge in [0.25, 0.3) is 0 Å². The molecule has 0 aromatic carbocycles. The van der Waals surface area contributed by atoms with Gasteiger partial charge in [0, 0.05) is 32.7 Å². The molecule has 9 nitrogen and oxygen atoms in total. The number of alkyl carbamates (subject to hydrolysis) is 1. The molecular weight excluding hydrogens is 513 g/mol. The third-order valence-corrected chi connectivity index (χ3v) is 5.30. The first-order valence-corrected chi connectivity index (χ1v) is 11.0. The summed E-state index contributed by atoms with van der Waals surface area (Å²) in [5.74, 6) is 0.682. The molecular formula is C21H42IN5O4. The highest BCUT2D eigenvalue weighted by Crippen LogP contribution is 2.17. The van der Waals surface area contributed by atoms with Gasteiger partial charge in [0.15, 0.2) is 5.96 Å². The molecule has 0 radical (unpaired) electrons. The number of carbonyl (C=O) groups is 2. The number of hydrogen-bond donors (Lipinski definition) is 3. The van der Waals surface area contributed by atoms with Crippen molar-refractivity contribution >= 4 is 42.1 Å². The van der Waals surface area contributed by atoms with Crippen LogP contribution in [0.4, 0.5) is 9.59 Å². The second-order valence-electron chi connectivity index (χ2n) is 8.64. The van der Waals surface area contributed by atoms with E-state index >= 15 is 0 Å². The summed E-state index contributed by atoms with van der Waals surface area (Å²) in [5, 5.41) is 9.81. The molecule has 1 rings (SSSR count). The number of likely N-dealkylation sites (tertiary alicyclic amines) is 1. The summed E-state index contributed by atoms with van der Waals surface area (Å²) in [7, 11) is 1.73. The zero-order chi connectivity index (χ0) is 22.8. The lowest BCUT2D eigenvalue weighted by Gasteiger charge is -2.35. The maximum atomic E-state index is 12.3. The van der Waals surface area contributed by atoms with Crippen LogP contribution in [0, 0.1) is 0 Å². The maximum absolute atomic E-state index is 12.3. The van der Waals surface area contributed by atoms with Crippen molar-refractivity contribution in [3.8, 4) is 0 Å². The number of rotatable bonds is 7. The molecule has 0 aromatic rings. The summed E-state index contributed by atoms with van der Waals surface area (Å²) in [6, 6.07) is 0.221. The van der Waals surface area contributed by atoms with E-state index < -0.39 is 17.2 Å². The van der Waals surface area contributed by atoms with E-state index in [2.05, 4.69) is 20.9 Å². The number of nitrogens with zero attached hydrogens (tertiary/aromatic N) is 2. The van der Waals surface area contributed by atoms with Crippen molar-refractivity contribution in [2.75, 3.05) is 33.3 Å². The van der Waals surface area contributed by atoms with Gasteiger partial charge in [-0.2, -0.15) is 0 Å². The first-order valence-electron chi connectivity index (χ1n) is 11.0.